The minimum Gasteiger partial charge on any atom is -0.496 e. The number of carboxylic acids is 1. The number of methoxy groups -OCH3 is 1. The highest BCUT2D eigenvalue weighted by molar-refractivity contribution is 8.07. The molecule has 1 aromatic carbocycles. The monoisotopic (exact) mass is 425 g/mol. The van der Waals surface area contributed by atoms with Crippen molar-refractivity contribution in [2.24, 2.45) is 0 Å². The van der Waals surface area contributed by atoms with Gasteiger partial charge in [0.05, 0.1) is 28.7 Å². The van der Waals surface area contributed by atoms with Crippen molar-refractivity contribution in [1.29, 1.82) is 0 Å². The number of hydrogen-bond donors (Lipinski definition) is 2. The van der Waals surface area contributed by atoms with E-state index in [4.69, 9.17) is 16.3 Å². The van der Waals surface area contributed by atoms with Crippen molar-refractivity contribution in [3.63, 3.8) is 0 Å². The minimum absolute atomic E-state index is 0.0323. The van der Waals surface area contributed by atoms with Crippen LogP contribution in [0.25, 0.3) is 0 Å². The lowest BCUT2D eigenvalue weighted by molar-refractivity contribution is -0.134. The van der Waals surface area contributed by atoms with Crippen molar-refractivity contribution in [2.75, 3.05) is 13.7 Å². The van der Waals surface area contributed by atoms with Gasteiger partial charge in [-0.25, -0.2) is 4.79 Å². The Hall–Kier alpha value is -1.96. The Morgan fingerprint density at radius 2 is 2.07 bits per heavy atom. The molecule has 1 heterocycles. The third-order valence-electron chi connectivity index (χ3n) is 4.29. The van der Waals surface area contributed by atoms with E-state index in [1.54, 1.807) is 24.0 Å². The molecule has 0 radical (unpaired) electrons. The van der Waals surface area contributed by atoms with Gasteiger partial charge < -0.3 is 19.8 Å². The summed E-state index contributed by atoms with van der Waals surface area (Å²) in [6.45, 7) is 4.22. The largest absolute Gasteiger partial charge is 0.496 e. The Bertz CT molecular complexity index is 821. The number of thioether (sulfide) groups is 1. The molecule has 0 aliphatic carbocycles. The first kappa shape index (κ1) is 22.3. The molecule has 152 valence electrons. The number of aliphatic hydroxyl groups excluding tert-OH is 1. The Kier molecular flexibility index (Phi) is 7.98. The van der Waals surface area contributed by atoms with Crippen LogP contribution in [0.5, 0.6) is 5.75 Å². The normalized spacial score (nSPS) is 16.6. The molecule has 0 amide bonds. The number of carbonyl (C=O) groups excluding carboxylic acids is 1. The quantitative estimate of drug-likeness (QED) is 0.450. The van der Waals surface area contributed by atoms with Crippen LogP contribution in [-0.2, 0) is 4.79 Å². The Balaban J connectivity index is 2.47. The van der Waals surface area contributed by atoms with E-state index in [0.29, 0.717) is 39.2 Å². The molecule has 1 unspecified atom stereocenters. The van der Waals surface area contributed by atoms with Gasteiger partial charge in [-0.15, -0.1) is 0 Å². The number of benzene rings is 1. The van der Waals surface area contributed by atoms with Crippen molar-refractivity contribution in [2.45, 2.75) is 39.2 Å². The zero-order chi connectivity index (χ0) is 20.8. The molecule has 0 saturated heterocycles. The molecule has 1 aliphatic rings. The van der Waals surface area contributed by atoms with Gasteiger partial charge in [0.2, 0.25) is 0 Å². The number of nitrogens with zero attached hydrogens (tertiary/aromatic N) is 1. The number of carboxylic acid groups (broad SMARTS) is 1. The van der Waals surface area contributed by atoms with Crippen LogP contribution in [0, 0.1) is 0 Å². The fraction of sp³-hybridized carbons (Fsp3) is 0.400. The average Bonchev–Trinajstić information content (AvgIpc) is 3.03. The Labute approximate surface area is 173 Å². The first-order valence-electron chi connectivity index (χ1n) is 9.04. The summed E-state index contributed by atoms with van der Waals surface area (Å²) in [7, 11) is 1.46. The molecule has 0 bridgehead atoms. The van der Waals surface area contributed by atoms with Gasteiger partial charge in [0.15, 0.2) is 5.78 Å². The summed E-state index contributed by atoms with van der Waals surface area (Å²) in [5.41, 5.74) is 0.324. The number of carbonyl (C=O) groups is 2. The van der Waals surface area contributed by atoms with Gasteiger partial charge in [0.1, 0.15) is 11.4 Å². The zero-order valence-corrected chi connectivity index (χ0v) is 17.6. The van der Waals surface area contributed by atoms with E-state index in [0.717, 1.165) is 24.6 Å². The van der Waals surface area contributed by atoms with Crippen LogP contribution in [0.15, 0.2) is 39.9 Å². The van der Waals surface area contributed by atoms with Gasteiger partial charge in [0.25, 0.3) is 0 Å². The highest BCUT2D eigenvalue weighted by atomic mass is 35.5. The van der Waals surface area contributed by atoms with E-state index in [1.165, 1.54) is 19.3 Å². The van der Waals surface area contributed by atoms with Crippen molar-refractivity contribution < 1.29 is 24.5 Å². The number of ether oxygens (including phenoxy) is 1. The second-order valence-corrected chi connectivity index (χ2v) is 7.74. The molecule has 0 spiro atoms. The van der Waals surface area contributed by atoms with Gasteiger partial charge in [-0.2, -0.15) is 0 Å². The van der Waals surface area contributed by atoms with E-state index >= 15 is 0 Å². The Morgan fingerprint density at radius 1 is 1.36 bits per heavy atom. The third-order valence-corrected chi connectivity index (χ3v) is 5.76. The maximum absolute atomic E-state index is 12.9. The lowest BCUT2D eigenvalue weighted by Crippen LogP contribution is -2.25. The van der Waals surface area contributed by atoms with E-state index in [2.05, 4.69) is 0 Å². The summed E-state index contributed by atoms with van der Waals surface area (Å²) in [6.07, 6.45) is 2.47. The van der Waals surface area contributed by atoms with Gasteiger partial charge in [-0.3, -0.25) is 4.79 Å². The maximum atomic E-state index is 12.9. The van der Waals surface area contributed by atoms with Crippen LogP contribution in [0.2, 0.25) is 5.02 Å². The highest BCUT2D eigenvalue weighted by Gasteiger charge is 2.35. The molecule has 1 aromatic rings. The number of rotatable bonds is 9. The van der Waals surface area contributed by atoms with Crippen LogP contribution < -0.4 is 4.74 Å². The fourth-order valence-corrected chi connectivity index (χ4v) is 4.25. The van der Waals surface area contributed by atoms with Crippen molar-refractivity contribution in [1.82, 2.24) is 4.90 Å². The van der Waals surface area contributed by atoms with Crippen molar-refractivity contribution in [3.8, 4) is 5.75 Å². The second-order valence-electron chi connectivity index (χ2n) is 6.24. The van der Waals surface area contributed by atoms with Crippen molar-refractivity contribution >= 4 is 35.1 Å². The third kappa shape index (κ3) is 4.90. The van der Waals surface area contributed by atoms with Crippen LogP contribution >= 0.6 is 23.4 Å². The molecule has 2 N–H and O–H groups in total. The van der Waals surface area contributed by atoms with Crippen LogP contribution in [0.3, 0.4) is 0 Å². The zero-order valence-electron chi connectivity index (χ0n) is 16.1. The summed E-state index contributed by atoms with van der Waals surface area (Å²) in [6, 6.07) is 4.75. The van der Waals surface area contributed by atoms with E-state index < -0.39 is 12.1 Å². The van der Waals surface area contributed by atoms with E-state index in [9.17, 15) is 19.8 Å². The summed E-state index contributed by atoms with van der Waals surface area (Å²) >= 11 is 7.14. The van der Waals surface area contributed by atoms with Crippen LogP contribution in [0.4, 0.5) is 0 Å². The minimum atomic E-state index is -1.12. The van der Waals surface area contributed by atoms with E-state index in [1.807, 2.05) is 6.92 Å². The number of halogens is 1. The fourth-order valence-electron chi connectivity index (χ4n) is 2.80. The molecule has 1 atom stereocenters. The number of aliphatic hydroxyl groups is 1. The molecule has 2 rings (SSSR count). The molecule has 6 nitrogen and oxygen atoms in total. The predicted molar refractivity (Wildman–Crippen MR) is 111 cm³/mol. The van der Waals surface area contributed by atoms with Crippen molar-refractivity contribution in [3.05, 3.63) is 50.5 Å². The molecular formula is C20H24ClNO5S. The van der Waals surface area contributed by atoms with E-state index in [-0.39, 0.29) is 11.5 Å². The topological polar surface area (TPSA) is 87.1 Å². The van der Waals surface area contributed by atoms with Gasteiger partial charge in [-0.05, 0) is 31.0 Å². The second kappa shape index (κ2) is 10.0. The lowest BCUT2D eigenvalue weighted by Gasteiger charge is -2.21. The standard InChI is InChI=1S/C20H24ClNO5S/c1-4-6-9-22-17(28-19(14(23)5-2)18(22)20(25)26)11-15(24)13-10-12(21)7-8-16(13)27-3/h7-8,10-11,14,23H,4-6,9H2,1-3H3,(H,25,26). The van der Waals surface area contributed by atoms with Gasteiger partial charge in [0, 0.05) is 17.6 Å². The molecule has 8 heteroatoms. The molecule has 0 aromatic heterocycles. The Morgan fingerprint density at radius 3 is 2.64 bits per heavy atom. The smallest absolute Gasteiger partial charge is 0.353 e. The maximum Gasteiger partial charge on any atom is 0.353 e. The first-order valence-corrected chi connectivity index (χ1v) is 10.2. The summed E-state index contributed by atoms with van der Waals surface area (Å²) in [4.78, 5) is 26.7. The lowest BCUT2D eigenvalue weighted by atomic mass is 10.1. The molecule has 1 aliphatic heterocycles. The summed E-state index contributed by atoms with van der Waals surface area (Å²) < 4.78 is 5.24. The molecule has 0 saturated carbocycles. The van der Waals surface area contributed by atoms with Crippen LogP contribution in [-0.4, -0.2) is 46.6 Å². The first-order chi connectivity index (χ1) is 13.3. The number of hydrogen-bond acceptors (Lipinski definition) is 6. The number of unbranched alkanes of at least 4 members (excludes halogenated alkanes) is 1. The molecule has 0 fully saturated rings. The van der Waals surface area contributed by atoms with Crippen LogP contribution in [0.1, 0.15) is 43.5 Å². The average molecular weight is 426 g/mol. The van der Waals surface area contributed by atoms with Gasteiger partial charge in [-0.1, -0.05) is 43.6 Å². The highest BCUT2D eigenvalue weighted by Crippen LogP contribution is 2.44. The number of ketones is 1. The summed E-state index contributed by atoms with van der Waals surface area (Å²) in [5, 5.41) is 20.9. The predicted octanol–water partition coefficient (Wildman–Crippen LogP) is 4.29. The summed E-state index contributed by atoms with van der Waals surface area (Å²) in [5.74, 6) is -1.09. The molecule has 28 heavy (non-hydrogen) atoms. The SMILES string of the molecule is CCCCN1C(=CC(=O)c2cc(Cl)ccc2OC)SC(C(O)CC)=C1C(=O)O. The molecular weight excluding hydrogens is 402 g/mol. The van der Waals surface area contributed by atoms with Gasteiger partial charge >= 0.3 is 5.97 Å². The number of aliphatic carboxylic acids is 1. The number of allylic oxidation sites excluding steroid dienone is 1.